The fraction of sp³-hybridized carbons (Fsp3) is 0.667. The first-order valence-electron chi connectivity index (χ1n) is 8.34. The summed E-state index contributed by atoms with van der Waals surface area (Å²) in [6.45, 7) is 13.0. The fourth-order valence-corrected chi connectivity index (χ4v) is 2.80. The molecule has 0 aromatic heterocycles. The number of nitrogens with one attached hydrogen (secondary N) is 1. The summed E-state index contributed by atoms with van der Waals surface area (Å²) in [5, 5.41) is 3.63. The van der Waals surface area contributed by atoms with E-state index in [1.165, 1.54) is 18.4 Å². The van der Waals surface area contributed by atoms with Gasteiger partial charge in [-0.25, -0.2) is 0 Å². The molecule has 1 unspecified atom stereocenters. The van der Waals surface area contributed by atoms with Gasteiger partial charge in [-0.2, -0.15) is 0 Å². The van der Waals surface area contributed by atoms with E-state index in [4.69, 9.17) is 9.47 Å². The van der Waals surface area contributed by atoms with Gasteiger partial charge in [0.1, 0.15) is 0 Å². The van der Waals surface area contributed by atoms with Gasteiger partial charge in [-0.3, -0.25) is 0 Å². The standard InChI is InChI=1S/C18H31NO2/c1-6-14(7-2)18(19-8-3)15-11-12-16(20-9-4)17(13-15)21-10-5/h11-14,18-19H,6-10H2,1-5H3. The summed E-state index contributed by atoms with van der Waals surface area (Å²) in [5.41, 5.74) is 1.29. The number of benzene rings is 1. The zero-order chi connectivity index (χ0) is 15.7. The summed E-state index contributed by atoms with van der Waals surface area (Å²) in [6, 6.07) is 6.72. The molecular weight excluding hydrogens is 262 g/mol. The molecule has 1 rings (SSSR count). The highest BCUT2D eigenvalue weighted by Crippen LogP contribution is 2.34. The summed E-state index contributed by atoms with van der Waals surface area (Å²) >= 11 is 0. The molecule has 21 heavy (non-hydrogen) atoms. The average Bonchev–Trinajstić information content (AvgIpc) is 2.50. The van der Waals surface area contributed by atoms with Crippen LogP contribution in [0, 0.1) is 5.92 Å². The molecule has 0 bridgehead atoms. The van der Waals surface area contributed by atoms with Gasteiger partial charge in [0.25, 0.3) is 0 Å². The third kappa shape index (κ3) is 4.92. The zero-order valence-corrected chi connectivity index (χ0v) is 14.2. The molecule has 3 heteroatoms. The fourth-order valence-electron chi connectivity index (χ4n) is 2.80. The molecule has 1 aromatic carbocycles. The quantitative estimate of drug-likeness (QED) is 0.685. The van der Waals surface area contributed by atoms with Crippen LogP contribution in [0.15, 0.2) is 18.2 Å². The van der Waals surface area contributed by atoms with Crippen molar-refractivity contribution in [2.24, 2.45) is 5.92 Å². The maximum atomic E-state index is 5.75. The largest absolute Gasteiger partial charge is 0.490 e. The summed E-state index contributed by atoms with van der Waals surface area (Å²) in [7, 11) is 0. The van der Waals surface area contributed by atoms with Crippen LogP contribution in [-0.4, -0.2) is 19.8 Å². The molecule has 0 aliphatic heterocycles. The van der Waals surface area contributed by atoms with Crippen molar-refractivity contribution in [2.45, 2.75) is 53.5 Å². The number of hydrogen-bond donors (Lipinski definition) is 1. The molecule has 1 aromatic rings. The van der Waals surface area contributed by atoms with Gasteiger partial charge in [-0.05, 0) is 44.0 Å². The SMILES string of the molecule is CCNC(c1ccc(OCC)c(OCC)c1)C(CC)CC. The highest BCUT2D eigenvalue weighted by molar-refractivity contribution is 5.44. The Kier molecular flexibility index (Phi) is 8.21. The van der Waals surface area contributed by atoms with Gasteiger partial charge < -0.3 is 14.8 Å². The van der Waals surface area contributed by atoms with E-state index in [1.807, 2.05) is 19.9 Å². The van der Waals surface area contributed by atoms with Crippen LogP contribution in [-0.2, 0) is 0 Å². The minimum atomic E-state index is 0.375. The minimum Gasteiger partial charge on any atom is -0.490 e. The van der Waals surface area contributed by atoms with Gasteiger partial charge in [0.2, 0.25) is 0 Å². The number of rotatable bonds is 10. The predicted molar refractivity (Wildman–Crippen MR) is 89.3 cm³/mol. The molecule has 0 heterocycles. The van der Waals surface area contributed by atoms with Crippen molar-refractivity contribution in [2.75, 3.05) is 19.8 Å². The van der Waals surface area contributed by atoms with Gasteiger partial charge in [-0.1, -0.05) is 39.7 Å². The first-order chi connectivity index (χ1) is 10.2. The Balaban J connectivity index is 3.10. The van der Waals surface area contributed by atoms with Crippen molar-refractivity contribution in [1.82, 2.24) is 5.32 Å². The van der Waals surface area contributed by atoms with Crippen LogP contribution in [0.25, 0.3) is 0 Å². The molecule has 0 amide bonds. The van der Waals surface area contributed by atoms with Crippen molar-refractivity contribution in [3.8, 4) is 11.5 Å². The van der Waals surface area contributed by atoms with Crippen molar-refractivity contribution in [3.05, 3.63) is 23.8 Å². The summed E-state index contributed by atoms with van der Waals surface area (Å²) < 4.78 is 11.4. The molecule has 0 spiro atoms. The topological polar surface area (TPSA) is 30.5 Å². The third-order valence-corrected chi connectivity index (χ3v) is 3.87. The summed E-state index contributed by atoms with van der Waals surface area (Å²) in [5.74, 6) is 2.32. The van der Waals surface area contributed by atoms with Gasteiger partial charge in [-0.15, -0.1) is 0 Å². The Bertz CT molecular complexity index is 402. The van der Waals surface area contributed by atoms with E-state index in [2.05, 4.69) is 38.2 Å². The van der Waals surface area contributed by atoms with Crippen LogP contribution in [0.1, 0.15) is 59.1 Å². The van der Waals surface area contributed by atoms with E-state index in [9.17, 15) is 0 Å². The van der Waals surface area contributed by atoms with Crippen molar-refractivity contribution in [1.29, 1.82) is 0 Å². The maximum Gasteiger partial charge on any atom is 0.161 e. The summed E-state index contributed by atoms with van der Waals surface area (Å²) in [4.78, 5) is 0. The van der Waals surface area contributed by atoms with Crippen LogP contribution in [0.3, 0.4) is 0 Å². The maximum absolute atomic E-state index is 5.75. The smallest absolute Gasteiger partial charge is 0.161 e. The van der Waals surface area contributed by atoms with Crippen molar-refractivity contribution >= 4 is 0 Å². The predicted octanol–water partition coefficient (Wildman–Crippen LogP) is 4.57. The molecule has 0 saturated heterocycles. The van der Waals surface area contributed by atoms with Gasteiger partial charge in [0.15, 0.2) is 11.5 Å². The average molecular weight is 293 g/mol. The molecule has 0 saturated carbocycles. The highest BCUT2D eigenvalue weighted by Gasteiger charge is 2.21. The van der Waals surface area contributed by atoms with E-state index in [-0.39, 0.29) is 0 Å². The number of ether oxygens (including phenoxy) is 2. The van der Waals surface area contributed by atoms with Crippen molar-refractivity contribution in [3.63, 3.8) is 0 Å². The monoisotopic (exact) mass is 293 g/mol. The molecule has 1 atom stereocenters. The van der Waals surface area contributed by atoms with E-state index in [0.29, 0.717) is 25.2 Å². The number of hydrogen-bond acceptors (Lipinski definition) is 3. The van der Waals surface area contributed by atoms with E-state index >= 15 is 0 Å². The van der Waals surface area contributed by atoms with Crippen LogP contribution < -0.4 is 14.8 Å². The van der Waals surface area contributed by atoms with E-state index in [0.717, 1.165) is 18.0 Å². The van der Waals surface area contributed by atoms with Gasteiger partial charge in [0, 0.05) is 6.04 Å². The molecule has 0 aliphatic rings. The van der Waals surface area contributed by atoms with Crippen LogP contribution in [0.2, 0.25) is 0 Å². The molecule has 3 nitrogen and oxygen atoms in total. The lowest BCUT2D eigenvalue weighted by Gasteiger charge is -2.27. The summed E-state index contributed by atoms with van der Waals surface area (Å²) in [6.07, 6.45) is 2.34. The van der Waals surface area contributed by atoms with Crippen molar-refractivity contribution < 1.29 is 9.47 Å². The Morgan fingerprint density at radius 3 is 2.05 bits per heavy atom. The van der Waals surface area contributed by atoms with Crippen LogP contribution in [0.4, 0.5) is 0 Å². The molecular formula is C18H31NO2. The second-order valence-corrected chi connectivity index (χ2v) is 5.18. The Morgan fingerprint density at radius 2 is 1.52 bits per heavy atom. The molecule has 120 valence electrons. The highest BCUT2D eigenvalue weighted by atomic mass is 16.5. The first-order valence-corrected chi connectivity index (χ1v) is 8.34. The van der Waals surface area contributed by atoms with E-state index < -0.39 is 0 Å². The zero-order valence-electron chi connectivity index (χ0n) is 14.2. The molecule has 0 fully saturated rings. The second-order valence-electron chi connectivity index (χ2n) is 5.18. The lowest BCUT2D eigenvalue weighted by Crippen LogP contribution is -2.27. The molecule has 0 radical (unpaired) electrons. The lowest BCUT2D eigenvalue weighted by atomic mass is 9.88. The second kappa shape index (κ2) is 9.67. The Labute approximate surface area is 130 Å². The van der Waals surface area contributed by atoms with Gasteiger partial charge >= 0.3 is 0 Å². The van der Waals surface area contributed by atoms with Crippen LogP contribution >= 0.6 is 0 Å². The normalized spacial score (nSPS) is 12.5. The van der Waals surface area contributed by atoms with Gasteiger partial charge in [0.05, 0.1) is 13.2 Å². The lowest BCUT2D eigenvalue weighted by molar-refractivity contribution is 0.285. The molecule has 1 N–H and O–H groups in total. The Morgan fingerprint density at radius 1 is 0.905 bits per heavy atom. The minimum absolute atomic E-state index is 0.375. The third-order valence-electron chi connectivity index (χ3n) is 3.87. The Hall–Kier alpha value is -1.22. The van der Waals surface area contributed by atoms with Crippen LogP contribution in [0.5, 0.6) is 11.5 Å². The van der Waals surface area contributed by atoms with E-state index in [1.54, 1.807) is 0 Å². The first kappa shape index (κ1) is 17.8. The molecule has 0 aliphatic carbocycles.